The number of hydrogen-bond acceptors (Lipinski definition) is 1. The predicted molar refractivity (Wildman–Crippen MR) is 58.4 cm³/mol. The molecule has 0 atom stereocenters. The highest BCUT2D eigenvalue weighted by Gasteiger charge is 2.08. The van der Waals surface area contributed by atoms with Gasteiger partial charge in [-0.05, 0) is 45.4 Å². The minimum absolute atomic E-state index is 0.0849. The monoisotopic (exact) mass is 193 g/mol. The largest absolute Gasteiger partial charge is 0.284 e. The number of hydrogen-bond donors (Lipinski definition) is 0. The summed E-state index contributed by atoms with van der Waals surface area (Å²) in [5.41, 5.74) is 1.83. The zero-order chi connectivity index (χ0) is 10.8. The first-order valence-electron chi connectivity index (χ1n) is 4.71. The highest BCUT2D eigenvalue weighted by molar-refractivity contribution is 5.98. The van der Waals surface area contributed by atoms with Crippen molar-refractivity contribution in [1.29, 1.82) is 0 Å². The molecule has 0 unspecified atom stereocenters. The normalized spacial score (nSPS) is 13.1. The molecule has 0 aromatic heterocycles. The van der Waals surface area contributed by atoms with E-state index in [-0.39, 0.29) is 11.4 Å². The van der Waals surface area contributed by atoms with Gasteiger partial charge in [0.15, 0.2) is 0 Å². The summed E-state index contributed by atoms with van der Waals surface area (Å²) in [6, 6.07) is 6.41. The van der Waals surface area contributed by atoms with Crippen molar-refractivity contribution in [2.24, 2.45) is 4.99 Å². The average Bonchev–Trinajstić information content (AvgIpc) is 2.02. The van der Waals surface area contributed by atoms with Crippen LogP contribution in [0.25, 0.3) is 0 Å². The van der Waals surface area contributed by atoms with E-state index in [0.29, 0.717) is 0 Å². The molecule has 1 aromatic carbocycles. The van der Waals surface area contributed by atoms with E-state index in [1.807, 2.05) is 27.7 Å². The Morgan fingerprint density at radius 2 is 1.64 bits per heavy atom. The Balaban J connectivity index is 2.95. The second-order valence-electron chi connectivity index (χ2n) is 4.37. The number of rotatable bonds is 1. The van der Waals surface area contributed by atoms with E-state index in [0.717, 1.165) is 11.3 Å². The van der Waals surface area contributed by atoms with Gasteiger partial charge < -0.3 is 0 Å². The molecule has 1 nitrogen and oxygen atoms in total. The summed E-state index contributed by atoms with van der Waals surface area (Å²) in [4.78, 5) is 4.50. The van der Waals surface area contributed by atoms with Crippen molar-refractivity contribution >= 4 is 5.71 Å². The topological polar surface area (TPSA) is 12.4 Å². The number of benzene rings is 1. The smallest absolute Gasteiger partial charge is 0.123 e. The molecule has 0 aliphatic rings. The summed E-state index contributed by atoms with van der Waals surface area (Å²) in [6.45, 7) is 8.07. The average molecular weight is 193 g/mol. The third kappa shape index (κ3) is 3.29. The summed E-state index contributed by atoms with van der Waals surface area (Å²) in [5.74, 6) is -0.211. The van der Waals surface area contributed by atoms with Crippen molar-refractivity contribution in [3.63, 3.8) is 0 Å². The van der Waals surface area contributed by atoms with Gasteiger partial charge in [0.2, 0.25) is 0 Å². The van der Waals surface area contributed by atoms with Gasteiger partial charge >= 0.3 is 0 Å². The van der Waals surface area contributed by atoms with Crippen LogP contribution in [0.5, 0.6) is 0 Å². The summed E-state index contributed by atoms with van der Waals surface area (Å²) in [6.07, 6.45) is 0. The lowest BCUT2D eigenvalue weighted by Gasteiger charge is -2.14. The lowest BCUT2D eigenvalue weighted by atomic mass is 10.1. The molecule has 0 amide bonds. The fraction of sp³-hybridized carbons (Fsp3) is 0.417. The zero-order valence-electron chi connectivity index (χ0n) is 9.13. The molecule has 0 fully saturated rings. The summed E-state index contributed by atoms with van der Waals surface area (Å²) in [5, 5.41) is 0. The predicted octanol–water partition coefficient (Wildman–Crippen LogP) is 3.43. The van der Waals surface area contributed by atoms with Crippen LogP contribution in [0.1, 0.15) is 33.3 Å². The SMILES string of the molecule is CC(=NC(C)(C)C)c1ccc(F)cc1. The maximum absolute atomic E-state index is 12.6. The van der Waals surface area contributed by atoms with Crippen molar-refractivity contribution < 1.29 is 4.39 Å². The summed E-state index contributed by atoms with van der Waals surface area (Å²) >= 11 is 0. The van der Waals surface area contributed by atoms with Crippen molar-refractivity contribution in [1.82, 2.24) is 0 Å². The van der Waals surface area contributed by atoms with Crippen LogP contribution < -0.4 is 0 Å². The van der Waals surface area contributed by atoms with E-state index >= 15 is 0 Å². The Morgan fingerprint density at radius 1 is 1.14 bits per heavy atom. The number of aliphatic imine (C=N–C) groups is 1. The Kier molecular flexibility index (Phi) is 3.04. The number of halogens is 1. The molecule has 1 rings (SSSR count). The van der Waals surface area contributed by atoms with Gasteiger partial charge in [0.05, 0.1) is 5.54 Å². The summed E-state index contributed by atoms with van der Waals surface area (Å²) in [7, 11) is 0. The Labute approximate surface area is 84.7 Å². The minimum Gasteiger partial charge on any atom is -0.284 e. The Hall–Kier alpha value is -1.18. The van der Waals surface area contributed by atoms with Gasteiger partial charge in [-0.1, -0.05) is 12.1 Å². The first-order chi connectivity index (χ1) is 6.38. The van der Waals surface area contributed by atoms with E-state index < -0.39 is 0 Å². The second kappa shape index (κ2) is 3.91. The molecule has 0 bridgehead atoms. The lowest BCUT2D eigenvalue weighted by Crippen LogP contribution is -2.13. The van der Waals surface area contributed by atoms with Gasteiger partial charge in [-0.3, -0.25) is 4.99 Å². The molecule has 14 heavy (non-hydrogen) atoms. The minimum atomic E-state index is -0.211. The fourth-order valence-electron chi connectivity index (χ4n) is 1.26. The molecule has 0 radical (unpaired) electrons. The van der Waals surface area contributed by atoms with Crippen LogP contribution in [-0.2, 0) is 0 Å². The maximum Gasteiger partial charge on any atom is 0.123 e. The van der Waals surface area contributed by atoms with E-state index in [1.165, 1.54) is 12.1 Å². The molecular formula is C12H16FN. The van der Waals surface area contributed by atoms with Crippen LogP contribution in [0.4, 0.5) is 4.39 Å². The van der Waals surface area contributed by atoms with Gasteiger partial charge in [-0.15, -0.1) is 0 Å². The standard InChI is InChI=1S/C12H16FN/c1-9(14-12(2,3)4)10-5-7-11(13)8-6-10/h5-8H,1-4H3. The van der Waals surface area contributed by atoms with Crippen LogP contribution in [-0.4, -0.2) is 11.3 Å². The molecule has 0 N–H and O–H groups in total. The van der Waals surface area contributed by atoms with Gasteiger partial charge in [-0.2, -0.15) is 0 Å². The van der Waals surface area contributed by atoms with Crippen LogP contribution in [0, 0.1) is 5.82 Å². The van der Waals surface area contributed by atoms with Crippen LogP contribution in [0.2, 0.25) is 0 Å². The van der Waals surface area contributed by atoms with Crippen molar-refractivity contribution in [3.8, 4) is 0 Å². The highest BCUT2D eigenvalue weighted by atomic mass is 19.1. The van der Waals surface area contributed by atoms with E-state index in [9.17, 15) is 4.39 Å². The Bertz CT molecular complexity index is 330. The molecule has 76 valence electrons. The van der Waals surface area contributed by atoms with Gasteiger partial charge in [0.1, 0.15) is 5.82 Å². The molecule has 0 aliphatic carbocycles. The van der Waals surface area contributed by atoms with Crippen molar-refractivity contribution in [2.45, 2.75) is 33.2 Å². The van der Waals surface area contributed by atoms with Crippen LogP contribution in [0.15, 0.2) is 29.3 Å². The molecule has 0 spiro atoms. The lowest BCUT2D eigenvalue weighted by molar-refractivity contribution is 0.584. The third-order valence-corrected chi connectivity index (χ3v) is 1.77. The van der Waals surface area contributed by atoms with Gasteiger partial charge in [0, 0.05) is 5.71 Å². The molecule has 0 heterocycles. The zero-order valence-corrected chi connectivity index (χ0v) is 9.13. The Morgan fingerprint density at radius 3 is 2.07 bits per heavy atom. The summed E-state index contributed by atoms with van der Waals surface area (Å²) < 4.78 is 12.6. The second-order valence-corrected chi connectivity index (χ2v) is 4.37. The number of nitrogens with zero attached hydrogens (tertiary/aromatic N) is 1. The van der Waals surface area contributed by atoms with Gasteiger partial charge in [0.25, 0.3) is 0 Å². The van der Waals surface area contributed by atoms with E-state index in [2.05, 4.69) is 4.99 Å². The third-order valence-electron chi connectivity index (χ3n) is 1.77. The first kappa shape index (κ1) is 10.9. The van der Waals surface area contributed by atoms with E-state index in [4.69, 9.17) is 0 Å². The first-order valence-corrected chi connectivity index (χ1v) is 4.71. The van der Waals surface area contributed by atoms with Crippen molar-refractivity contribution in [2.75, 3.05) is 0 Å². The van der Waals surface area contributed by atoms with E-state index in [1.54, 1.807) is 12.1 Å². The molecule has 1 aromatic rings. The molecule has 0 saturated carbocycles. The van der Waals surface area contributed by atoms with Crippen LogP contribution in [0.3, 0.4) is 0 Å². The van der Waals surface area contributed by atoms with Gasteiger partial charge in [-0.25, -0.2) is 4.39 Å². The molecule has 0 aliphatic heterocycles. The molecule has 2 heteroatoms. The highest BCUT2D eigenvalue weighted by Crippen LogP contribution is 2.11. The molecular weight excluding hydrogens is 177 g/mol. The van der Waals surface area contributed by atoms with Crippen LogP contribution >= 0.6 is 0 Å². The molecule has 0 saturated heterocycles. The maximum atomic E-state index is 12.6. The fourth-order valence-corrected chi connectivity index (χ4v) is 1.26. The van der Waals surface area contributed by atoms with Crippen molar-refractivity contribution in [3.05, 3.63) is 35.6 Å². The quantitative estimate of drug-likeness (QED) is 0.606.